The van der Waals surface area contributed by atoms with Crippen molar-refractivity contribution in [3.8, 4) is 5.69 Å². The van der Waals surface area contributed by atoms with E-state index in [1.165, 1.54) is 0 Å². The number of aromatic nitrogens is 2. The van der Waals surface area contributed by atoms with Gasteiger partial charge in [0.25, 0.3) is 0 Å². The van der Waals surface area contributed by atoms with Gasteiger partial charge in [0.2, 0.25) is 0 Å². The predicted octanol–water partition coefficient (Wildman–Crippen LogP) is 1.42. The Hall–Kier alpha value is -2.35. The van der Waals surface area contributed by atoms with Gasteiger partial charge in [-0.05, 0) is 31.0 Å². The van der Waals surface area contributed by atoms with Crippen LogP contribution in [-0.4, -0.2) is 41.5 Å². The summed E-state index contributed by atoms with van der Waals surface area (Å²) in [5.74, 6) is 0.164. The van der Waals surface area contributed by atoms with E-state index in [4.69, 9.17) is 0 Å². The van der Waals surface area contributed by atoms with Gasteiger partial charge in [0.1, 0.15) is 0 Å². The van der Waals surface area contributed by atoms with Crippen LogP contribution < -0.4 is 10.6 Å². The predicted molar refractivity (Wildman–Crippen MR) is 90.7 cm³/mol. The number of carbonyl (C=O) groups is 1. The third kappa shape index (κ3) is 3.94. The van der Waals surface area contributed by atoms with Gasteiger partial charge in [0.05, 0.1) is 23.9 Å². The smallest absolute Gasteiger partial charge is 0.315 e. The summed E-state index contributed by atoms with van der Waals surface area (Å²) >= 11 is 0. The molecule has 2 N–H and O–H groups in total. The molecule has 0 radical (unpaired) electrons. The number of hydrogen-bond acceptors (Lipinski definition) is 4. The zero-order valence-corrected chi connectivity index (χ0v) is 14.2. The number of imidazole rings is 1. The van der Waals surface area contributed by atoms with Crippen LogP contribution in [0.4, 0.5) is 4.79 Å². The molecule has 0 bridgehead atoms. The number of amides is 2. The van der Waals surface area contributed by atoms with E-state index in [9.17, 15) is 13.2 Å². The largest absolute Gasteiger partial charge is 0.334 e. The first-order valence-corrected chi connectivity index (χ1v) is 9.61. The van der Waals surface area contributed by atoms with Gasteiger partial charge in [-0.3, -0.25) is 0 Å². The molecule has 24 heavy (non-hydrogen) atoms. The number of hydrogen-bond donors (Lipinski definition) is 2. The SMILES string of the molecule is C[C@@H](NC(=O)N[C@H]1CCS(=O)(=O)C1)c1ccc(-n2ccnc2)cc1. The molecule has 0 spiro atoms. The normalized spacial score (nSPS) is 20.5. The first-order chi connectivity index (χ1) is 11.4. The lowest BCUT2D eigenvalue weighted by Crippen LogP contribution is -2.43. The Bertz CT molecular complexity index is 800. The fourth-order valence-corrected chi connectivity index (χ4v) is 4.44. The number of carbonyl (C=O) groups excluding carboxylic acids is 1. The van der Waals surface area contributed by atoms with Gasteiger partial charge in [0, 0.05) is 24.1 Å². The fourth-order valence-electron chi connectivity index (χ4n) is 2.76. The van der Waals surface area contributed by atoms with Crippen molar-refractivity contribution in [2.75, 3.05) is 11.5 Å². The summed E-state index contributed by atoms with van der Waals surface area (Å²) in [6.45, 7) is 1.89. The van der Waals surface area contributed by atoms with Crippen molar-refractivity contribution in [1.82, 2.24) is 20.2 Å². The fraction of sp³-hybridized carbons (Fsp3) is 0.375. The standard InChI is InChI=1S/C16H20N4O3S/c1-12(18-16(21)19-14-6-9-24(22,23)10-14)13-2-4-15(5-3-13)20-8-7-17-11-20/h2-5,7-8,11-12,14H,6,9-10H2,1H3,(H2,18,19,21)/t12-,14+/m1/s1. The Morgan fingerprint density at radius 1 is 1.33 bits per heavy atom. The van der Waals surface area contributed by atoms with Crippen LogP contribution in [0, 0.1) is 0 Å². The molecule has 2 heterocycles. The molecule has 1 fully saturated rings. The molecule has 7 nitrogen and oxygen atoms in total. The van der Waals surface area contributed by atoms with E-state index >= 15 is 0 Å². The van der Waals surface area contributed by atoms with Crippen molar-refractivity contribution in [3.63, 3.8) is 0 Å². The van der Waals surface area contributed by atoms with Crippen molar-refractivity contribution in [2.24, 2.45) is 0 Å². The van der Waals surface area contributed by atoms with Crippen molar-refractivity contribution in [1.29, 1.82) is 0 Å². The molecule has 0 aliphatic carbocycles. The topological polar surface area (TPSA) is 93.1 Å². The van der Waals surface area contributed by atoms with E-state index in [2.05, 4.69) is 15.6 Å². The summed E-state index contributed by atoms with van der Waals surface area (Å²) < 4.78 is 24.7. The zero-order valence-electron chi connectivity index (χ0n) is 13.3. The van der Waals surface area contributed by atoms with Crippen LogP contribution in [-0.2, 0) is 9.84 Å². The summed E-state index contributed by atoms with van der Waals surface area (Å²) in [5.41, 5.74) is 1.96. The lowest BCUT2D eigenvalue weighted by molar-refractivity contribution is 0.235. The van der Waals surface area contributed by atoms with E-state index in [0.29, 0.717) is 6.42 Å². The second kappa shape index (κ2) is 6.64. The van der Waals surface area contributed by atoms with Crippen LogP contribution >= 0.6 is 0 Å². The highest BCUT2D eigenvalue weighted by Crippen LogP contribution is 2.16. The monoisotopic (exact) mass is 348 g/mol. The Morgan fingerprint density at radius 2 is 2.08 bits per heavy atom. The zero-order chi connectivity index (χ0) is 17.2. The van der Waals surface area contributed by atoms with Gasteiger partial charge in [0.15, 0.2) is 9.84 Å². The average molecular weight is 348 g/mol. The summed E-state index contributed by atoms with van der Waals surface area (Å²) in [5, 5.41) is 5.57. The molecule has 128 valence electrons. The molecule has 8 heteroatoms. The molecule has 1 aliphatic rings. The van der Waals surface area contributed by atoms with Gasteiger partial charge in [-0.25, -0.2) is 18.2 Å². The number of urea groups is 1. The number of benzene rings is 1. The Kier molecular flexibility index (Phi) is 4.57. The molecule has 1 aromatic carbocycles. The molecule has 2 aromatic rings. The minimum Gasteiger partial charge on any atom is -0.334 e. The number of rotatable bonds is 4. The van der Waals surface area contributed by atoms with E-state index in [-0.39, 0.29) is 29.6 Å². The minimum atomic E-state index is -3.00. The van der Waals surface area contributed by atoms with Crippen molar-refractivity contribution < 1.29 is 13.2 Å². The van der Waals surface area contributed by atoms with Crippen LogP contribution in [0.5, 0.6) is 0 Å². The number of sulfone groups is 1. The van der Waals surface area contributed by atoms with Gasteiger partial charge in [-0.15, -0.1) is 0 Å². The van der Waals surface area contributed by atoms with Gasteiger partial charge in [-0.1, -0.05) is 12.1 Å². The van der Waals surface area contributed by atoms with E-state index in [1.54, 1.807) is 12.5 Å². The highest BCUT2D eigenvalue weighted by molar-refractivity contribution is 7.91. The molecule has 2 amide bonds. The van der Waals surface area contributed by atoms with E-state index in [1.807, 2.05) is 42.0 Å². The van der Waals surface area contributed by atoms with Crippen molar-refractivity contribution in [2.45, 2.75) is 25.4 Å². The van der Waals surface area contributed by atoms with Crippen LogP contribution in [0.15, 0.2) is 43.0 Å². The average Bonchev–Trinajstić information content (AvgIpc) is 3.17. The quantitative estimate of drug-likeness (QED) is 0.874. The number of nitrogens with zero attached hydrogens (tertiary/aromatic N) is 2. The minimum absolute atomic E-state index is 0.0222. The highest BCUT2D eigenvalue weighted by Gasteiger charge is 2.29. The molecule has 0 unspecified atom stereocenters. The molecule has 2 atom stereocenters. The maximum atomic E-state index is 12.0. The maximum Gasteiger partial charge on any atom is 0.315 e. The third-order valence-electron chi connectivity index (χ3n) is 4.11. The first kappa shape index (κ1) is 16.5. The molecule has 1 aliphatic heterocycles. The molecule has 1 aromatic heterocycles. The summed E-state index contributed by atoms with van der Waals surface area (Å²) in [6, 6.07) is 6.97. The molecule has 3 rings (SSSR count). The summed E-state index contributed by atoms with van der Waals surface area (Å²) in [7, 11) is -3.00. The Morgan fingerprint density at radius 3 is 2.67 bits per heavy atom. The second-order valence-electron chi connectivity index (χ2n) is 6.00. The molecule has 1 saturated heterocycles. The second-order valence-corrected chi connectivity index (χ2v) is 8.23. The highest BCUT2D eigenvalue weighted by atomic mass is 32.2. The molecular formula is C16H20N4O3S. The third-order valence-corrected chi connectivity index (χ3v) is 5.88. The Balaban J connectivity index is 1.56. The van der Waals surface area contributed by atoms with Gasteiger partial charge >= 0.3 is 6.03 Å². The summed E-state index contributed by atoms with van der Waals surface area (Å²) in [4.78, 5) is 16.0. The first-order valence-electron chi connectivity index (χ1n) is 7.79. The lowest BCUT2D eigenvalue weighted by atomic mass is 10.1. The van der Waals surface area contributed by atoms with E-state index < -0.39 is 9.84 Å². The molecule has 0 saturated carbocycles. The van der Waals surface area contributed by atoms with Crippen LogP contribution in [0.2, 0.25) is 0 Å². The summed E-state index contributed by atoms with van der Waals surface area (Å²) in [6.07, 6.45) is 5.77. The Labute approximate surface area is 141 Å². The van der Waals surface area contributed by atoms with Crippen LogP contribution in [0.1, 0.15) is 24.9 Å². The van der Waals surface area contributed by atoms with Crippen molar-refractivity contribution >= 4 is 15.9 Å². The number of nitrogens with one attached hydrogen (secondary N) is 2. The van der Waals surface area contributed by atoms with Gasteiger partial charge < -0.3 is 15.2 Å². The van der Waals surface area contributed by atoms with Crippen LogP contribution in [0.25, 0.3) is 5.69 Å². The maximum absolute atomic E-state index is 12.0. The van der Waals surface area contributed by atoms with E-state index in [0.717, 1.165) is 11.3 Å². The van der Waals surface area contributed by atoms with Crippen molar-refractivity contribution in [3.05, 3.63) is 48.5 Å². The molecular weight excluding hydrogens is 328 g/mol. The lowest BCUT2D eigenvalue weighted by Gasteiger charge is -2.17. The van der Waals surface area contributed by atoms with Crippen LogP contribution in [0.3, 0.4) is 0 Å². The van der Waals surface area contributed by atoms with Gasteiger partial charge in [-0.2, -0.15) is 0 Å².